The van der Waals surface area contributed by atoms with Gasteiger partial charge in [-0.15, -0.1) is 11.3 Å². The fourth-order valence-corrected chi connectivity index (χ4v) is 2.53. The van der Waals surface area contributed by atoms with Gasteiger partial charge in [0.25, 0.3) is 0 Å². The van der Waals surface area contributed by atoms with Gasteiger partial charge in [-0.2, -0.15) is 0 Å². The third-order valence-electron chi connectivity index (χ3n) is 1.23. The van der Waals surface area contributed by atoms with E-state index in [1.807, 2.05) is 6.92 Å². The van der Waals surface area contributed by atoms with Crippen LogP contribution in [-0.2, 0) is 6.42 Å². The zero-order chi connectivity index (χ0) is 8.43. The Morgan fingerprint density at radius 2 is 2.27 bits per heavy atom. The molecule has 0 bridgehead atoms. The van der Waals surface area contributed by atoms with Crippen LogP contribution in [0, 0.1) is 0 Å². The van der Waals surface area contributed by atoms with Gasteiger partial charge in [-0.25, -0.2) is 0 Å². The van der Waals surface area contributed by atoms with Crippen molar-refractivity contribution in [3.05, 3.63) is 20.3 Å². The van der Waals surface area contributed by atoms with Crippen LogP contribution in [0.1, 0.15) is 11.8 Å². The first kappa shape index (κ1) is 9.33. The first-order valence-electron chi connectivity index (χ1n) is 3.29. The van der Waals surface area contributed by atoms with Crippen molar-refractivity contribution >= 4 is 34.5 Å². The molecule has 62 valence electrons. The second-order valence-corrected chi connectivity index (χ2v) is 4.68. The van der Waals surface area contributed by atoms with Crippen molar-refractivity contribution in [2.45, 2.75) is 19.4 Å². The second-order valence-electron chi connectivity index (χ2n) is 2.50. The Balaban J connectivity index is 2.77. The van der Waals surface area contributed by atoms with E-state index in [0.717, 1.165) is 20.7 Å². The average Bonchev–Trinajstić information content (AvgIpc) is 2.09. The molecule has 11 heavy (non-hydrogen) atoms. The molecular weight excluding hydrogens is 201 g/mol. The van der Waals surface area contributed by atoms with Gasteiger partial charge in [0.2, 0.25) is 0 Å². The van der Waals surface area contributed by atoms with Gasteiger partial charge in [-0.05, 0) is 19.4 Å². The van der Waals surface area contributed by atoms with Crippen LogP contribution in [0.3, 0.4) is 0 Å². The zero-order valence-electron chi connectivity index (χ0n) is 6.10. The average molecular weight is 210 g/mol. The maximum Gasteiger partial charge on any atom is 0.0946 e. The lowest BCUT2D eigenvalue weighted by atomic mass is 10.2. The molecule has 1 heterocycles. The smallest absolute Gasteiger partial charge is 0.0946 e. The molecule has 1 unspecified atom stereocenters. The number of rotatable bonds is 2. The summed E-state index contributed by atoms with van der Waals surface area (Å²) < 4.78 is 0.727. The fraction of sp³-hybridized carbons (Fsp3) is 0.429. The van der Waals surface area contributed by atoms with E-state index in [1.165, 1.54) is 11.3 Å². The first-order chi connectivity index (χ1) is 5.09. The third-order valence-corrected chi connectivity index (χ3v) is 2.97. The molecule has 1 aromatic rings. The quantitative estimate of drug-likeness (QED) is 0.797. The molecule has 2 N–H and O–H groups in total. The molecule has 0 saturated carbocycles. The summed E-state index contributed by atoms with van der Waals surface area (Å²) in [6.07, 6.45) is 0.802. The highest BCUT2D eigenvalue weighted by Gasteiger charge is 2.07. The molecule has 1 aromatic heterocycles. The monoisotopic (exact) mass is 209 g/mol. The van der Waals surface area contributed by atoms with E-state index in [4.69, 9.17) is 28.9 Å². The molecule has 0 spiro atoms. The summed E-state index contributed by atoms with van der Waals surface area (Å²) in [7, 11) is 0. The Morgan fingerprint density at radius 3 is 2.64 bits per heavy atom. The Morgan fingerprint density at radius 1 is 1.64 bits per heavy atom. The molecule has 1 rings (SSSR count). The minimum Gasteiger partial charge on any atom is -0.328 e. The van der Waals surface area contributed by atoms with Gasteiger partial charge in [0.15, 0.2) is 0 Å². The Hall–Kier alpha value is 0.240. The second kappa shape index (κ2) is 3.76. The van der Waals surface area contributed by atoms with Gasteiger partial charge in [-0.1, -0.05) is 23.2 Å². The predicted molar refractivity (Wildman–Crippen MR) is 51.7 cm³/mol. The molecule has 0 aliphatic rings. The predicted octanol–water partition coefficient (Wildman–Crippen LogP) is 2.94. The van der Waals surface area contributed by atoms with Crippen molar-refractivity contribution in [3.8, 4) is 0 Å². The van der Waals surface area contributed by atoms with Crippen molar-refractivity contribution in [2.75, 3.05) is 0 Å². The number of hydrogen-bond donors (Lipinski definition) is 1. The number of thiophene rings is 1. The normalized spacial score (nSPS) is 13.5. The van der Waals surface area contributed by atoms with Crippen LogP contribution < -0.4 is 5.73 Å². The number of hydrogen-bond acceptors (Lipinski definition) is 2. The Labute approximate surface area is 80.1 Å². The highest BCUT2D eigenvalue weighted by Crippen LogP contribution is 2.31. The van der Waals surface area contributed by atoms with Crippen LogP contribution in [0.15, 0.2) is 6.07 Å². The van der Waals surface area contributed by atoms with Crippen LogP contribution in [0.25, 0.3) is 0 Å². The highest BCUT2D eigenvalue weighted by molar-refractivity contribution is 7.16. The van der Waals surface area contributed by atoms with Crippen molar-refractivity contribution in [1.29, 1.82) is 0 Å². The number of nitrogens with two attached hydrogens (primary N) is 1. The summed E-state index contributed by atoms with van der Waals surface area (Å²) in [5.74, 6) is 0. The van der Waals surface area contributed by atoms with Gasteiger partial charge < -0.3 is 5.73 Å². The minimum absolute atomic E-state index is 0.141. The number of halogens is 2. The lowest BCUT2D eigenvalue weighted by Crippen LogP contribution is -2.17. The van der Waals surface area contributed by atoms with E-state index in [9.17, 15) is 0 Å². The van der Waals surface area contributed by atoms with E-state index in [2.05, 4.69) is 0 Å². The van der Waals surface area contributed by atoms with Gasteiger partial charge in [-0.3, -0.25) is 0 Å². The van der Waals surface area contributed by atoms with E-state index >= 15 is 0 Å². The van der Waals surface area contributed by atoms with E-state index in [1.54, 1.807) is 6.07 Å². The van der Waals surface area contributed by atoms with E-state index in [0.29, 0.717) is 0 Å². The standard InChI is InChI=1S/C7H9Cl2NS/c1-4(10)2-6-5(8)3-7(9)11-6/h3-4H,2,10H2,1H3. The fourth-order valence-electron chi connectivity index (χ4n) is 0.808. The van der Waals surface area contributed by atoms with Crippen molar-refractivity contribution in [2.24, 2.45) is 5.73 Å². The Bertz CT molecular complexity index is 245. The molecule has 0 aliphatic carbocycles. The van der Waals surface area contributed by atoms with Crippen LogP contribution in [0.5, 0.6) is 0 Å². The van der Waals surface area contributed by atoms with Crippen LogP contribution in [-0.4, -0.2) is 6.04 Å². The Kier molecular flexibility index (Phi) is 3.19. The molecule has 0 radical (unpaired) electrons. The van der Waals surface area contributed by atoms with Crippen molar-refractivity contribution < 1.29 is 0 Å². The van der Waals surface area contributed by atoms with Crippen molar-refractivity contribution in [1.82, 2.24) is 0 Å². The molecule has 1 nitrogen and oxygen atoms in total. The van der Waals surface area contributed by atoms with Gasteiger partial charge in [0, 0.05) is 10.9 Å². The molecule has 0 aliphatic heterocycles. The molecule has 4 heteroatoms. The summed E-state index contributed by atoms with van der Waals surface area (Å²) in [5, 5.41) is 0.734. The summed E-state index contributed by atoms with van der Waals surface area (Å²) in [4.78, 5) is 1.08. The van der Waals surface area contributed by atoms with E-state index < -0.39 is 0 Å². The lowest BCUT2D eigenvalue weighted by molar-refractivity contribution is 0.747. The summed E-state index contributed by atoms with van der Waals surface area (Å²) >= 11 is 13.1. The molecule has 0 aromatic carbocycles. The molecule has 0 fully saturated rings. The van der Waals surface area contributed by atoms with E-state index in [-0.39, 0.29) is 6.04 Å². The molecular formula is C7H9Cl2NS. The van der Waals surface area contributed by atoms with Crippen LogP contribution >= 0.6 is 34.5 Å². The highest BCUT2D eigenvalue weighted by atomic mass is 35.5. The van der Waals surface area contributed by atoms with Crippen molar-refractivity contribution in [3.63, 3.8) is 0 Å². The SMILES string of the molecule is CC(N)Cc1sc(Cl)cc1Cl. The summed E-state index contributed by atoms with van der Waals surface area (Å²) in [5.41, 5.74) is 5.61. The largest absolute Gasteiger partial charge is 0.328 e. The van der Waals surface area contributed by atoms with Crippen LogP contribution in [0.4, 0.5) is 0 Å². The summed E-state index contributed by atoms with van der Waals surface area (Å²) in [6.45, 7) is 1.95. The van der Waals surface area contributed by atoms with Gasteiger partial charge in [0.05, 0.1) is 9.36 Å². The van der Waals surface area contributed by atoms with Crippen LogP contribution in [0.2, 0.25) is 9.36 Å². The third kappa shape index (κ3) is 2.64. The van der Waals surface area contributed by atoms with Gasteiger partial charge >= 0.3 is 0 Å². The minimum atomic E-state index is 0.141. The van der Waals surface area contributed by atoms with Gasteiger partial charge in [0.1, 0.15) is 0 Å². The maximum absolute atomic E-state index is 5.86. The summed E-state index contributed by atoms with van der Waals surface area (Å²) in [6, 6.07) is 1.90. The molecule has 1 atom stereocenters. The maximum atomic E-state index is 5.86. The lowest BCUT2D eigenvalue weighted by Gasteiger charge is -2.01. The molecule has 0 saturated heterocycles. The topological polar surface area (TPSA) is 26.0 Å². The molecule has 0 amide bonds. The zero-order valence-corrected chi connectivity index (χ0v) is 8.43. The first-order valence-corrected chi connectivity index (χ1v) is 4.86.